The Labute approximate surface area is 129 Å². The molecule has 0 saturated heterocycles. The number of benzene rings is 1. The summed E-state index contributed by atoms with van der Waals surface area (Å²) in [5.74, 6) is 1.08. The molecule has 2 heteroatoms. The topological polar surface area (TPSA) is 21.3 Å². The fourth-order valence-corrected chi connectivity index (χ4v) is 4.28. The number of fused-ring (bicyclic) bond motifs is 1. The van der Waals surface area contributed by atoms with E-state index in [1.165, 1.54) is 43.2 Å². The Balaban J connectivity index is 1.95. The molecule has 1 heterocycles. The van der Waals surface area contributed by atoms with E-state index in [1.807, 2.05) is 0 Å². The van der Waals surface area contributed by atoms with Gasteiger partial charge in [0.25, 0.3) is 0 Å². The first kappa shape index (κ1) is 14.9. The van der Waals surface area contributed by atoms with Gasteiger partial charge in [-0.15, -0.1) is 0 Å². The minimum atomic E-state index is 0.136. The van der Waals surface area contributed by atoms with Gasteiger partial charge in [0.15, 0.2) is 0 Å². The number of rotatable bonds is 3. The van der Waals surface area contributed by atoms with Gasteiger partial charge in [0.05, 0.1) is 6.61 Å². The molecule has 1 saturated carbocycles. The quantitative estimate of drug-likeness (QED) is 0.878. The summed E-state index contributed by atoms with van der Waals surface area (Å²) in [6.07, 6.45) is 6.80. The maximum absolute atomic E-state index is 5.83. The first-order valence-corrected chi connectivity index (χ1v) is 8.41. The molecule has 1 atom stereocenters. The Morgan fingerprint density at radius 2 is 1.81 bits per heavy atom. The summed E-state index contributed by atoms with van der Waals surface area (Å²) < 4.78 is 5.83. The van der Waals surface area contributed by atoms with Crippen LogP contribution in [0.3, 0.4) is 0 Å². The zero-order valence-electron chi connectivity index (χ0n) is 14.0. The van der Waals surface area contributed by atoms with E-state index in [9.17, 15) is 0 Å². The Kier molecular flexibility index (Phi) is 3.77. The lowest BCUT2D eigenvalue weighted by molar-refractivity contribution is 0.150. The smallest absolute Gasteiger partial charge is 0.123 e. The molecule has 1 aromatic rings. The normalized spacial score (nSPS) is 24.2. The van der Waals surface area contributed by atoms with Gasteiger partial charge in [0.2, 0.25) is 0 Å². The van der Waals surface area contributed by atoms with E-state index < -0.39 is 0 Å². The van der Waals surface area contributed by atoms with Crippen molar-refractivity contribution in [3.05, 3.63) is 29.3 Å². The molecule has 1 aromatic carbocycles. The molecule has 0 radical (unpaired) electrons. The number of ether oxygens (including phenoxy) is 1. The Morgan fingerprint density at radius 1 is 1.10 bits per heavy atom. The zero-order chi connectivity index (χ0) is 15.1. The number of hydrogen-bond acceptors (Lipinski definition) is 2. The highest BCUT2D eigenvalue weighted by atomic mass is 16.5. The molecule has 3 rings (SSSR count). The summed E-state index contributed by atoms with van der Waals surface area (Å²) in [4.78, 5) is 0. The molecule has 0 amide bonds. The average Bonchev–Trinajstić information content (AvgIpc) is 2.76. The Hall–Kier alpha value is -1.02. The summed E-state index contributed by atoms with van der Waals surface area (Å²) in [7, 11) is 2.11. The van der Waals surface area contributed by atoms with Crippen molar-refractivity contribution in [1.82, 2.24) is 5.32 Å². The summed E-state index contributed by atoms with van der Waals surface area (Å²) in [6.45, 7) is 7.81. The van der Waals surface area contributed by atoms with Crippen LogP contribution >= 0.6 is 0 Å². The van der Waals surface area contributed by atoms with Crippen molar-refractivity contribution < 1.29 is 4.74 Å². The van der Waals surface area contributed by atoms with E-state index >= 15 is 0 Å². The summed E-state index contributed by atoms with van der Waals surface area (Å²) in [5.41, 5.74) is 3.32. The monoisotopic (exact) mass is 287 g/mol. The molecule has 0 spiro atoms. The second kappa shape index (κ2) is 5.31. The lowest BCUT2D eigenvalue weighted by Crippen LogP contribution is -2.36. The van der Waals surface area contributed by atoms with E-state index in [4.69, 9.17) is 4.74 Å². The highest BCUT2D eigenvalue weighted by molar-refractivity contribution is 5.46. The minimum Gasteiger partial charge on any atom is -0.492 e. The van der Waals surface area contributed by atoms with Gasteiger partial charge in [-0.1, -0.05) is 46.1 Å². The predicted molar refractivity (Wildman–Crippen MR) is 88.0 cm³/mol. The highest BCUT2D eigenvalue weighted by Crippen LogP contribution is 2.47. The second-order valence-corrected chi connectivity index (χ2v) is 7.86. The third-order valence-electron chi connectivity index (χ3n) is 5.64. The van der Waals surface area contributed by atoms with Crippen LogP contribution in [-0.2, 0) is 5.41 Å². The Morgan fingerprint density at radius 3 is 2.48 bits per heavy atom. The summed E-state index contributed by atoms with van der Waals surface area (Å²) in [6, 6.07) is 7.28. The third-order valence-corrected chi connectivity index (χ3v) is 5.64. The highest BCUT2D eigenvalue weighted by Gasteiger charge is 2.37. The van der Waals surface area contributed by atoms with Gasteiger partial charge in [0, 0.05) is 17.0 Å². The molecule has 1 N–H and O–H groups in total. The lowest BCUT2D eigenvalue weighted by atomic mass is 9.68. The van der Waals surface area contributed by atoms with Gasteiger partial charge in [0.1, 0.15) is 5.75 Å². The molecule has 1 aliphatic heterocycles. The van der Waals surface area contributed by atoms with Gasteiger partial charge in [-0.2, -0.15) is 0 Å². The second-order valence-electron chi connectivity index (χ2n) is 7.86. The van der Waals surface area contributed by atoms with Crippen LogP contribution in [0.25, 0.3) is 0 Å². The van der Waals surface area contributed by atoms with Gasteiger partial charge in [-0.3, -0.25) is 0 Å². The summed E-state index contributed by atoms with van der Waals surface area (Å²) in [5, 5.41) is 3.61. The molecule has 1 unspecified atom stereocenters. The van der Waals surface area contributed by atoms with Crippen LogP contribution in [-0.4, -0.2) is 13.7 Å². The largest absolute Gasteiger partial charge is 0.492 e. The molecule has 1 fully saturated rings. The first-order chi connectivity index (χ1) is 9.96. The molecule has 2 nitrogen and oxygen atoms in total. The fourth-order valence-electron chi connectivity index (χ4n) is 4.28. The molecule has 21 heavy (non-hydrogen) atoms. The van der Waals surface area contributed by atoms with Crippen LogP contribution in [0.4, 0.5) is 0 Å². The van der Waals surface area contributed by atoms with E-state index in [0.29, 0.717) is 11.5 Å². The fraction of sp³-hybridized carbons (Fsp3) is 0.684. The van der Waals surface area contributed by atoms with E-state index in [1.54, 1.807) is 0 Å². The Bertz CT molecular complexity index is 514. The molecule has 0 bridgehead atoms. The average molecular weight is 287 g/mol. The van der Waals surface area contributed by atoms with E-state index in [2.05, 4.69) is 51.3 Å². The van der Waals surface area contributed by atoms with Crippen molar-refractivity contribution in [3.63, 3.8) is 0 Å². The maximum atomic E-state index is 5.83. The van der Waals surface area contributed by atoms with Crippen molar-refractivity contribution >= 4 is 0 Å². The van der Waals surface area contributed by atoms with Crippen molar-refractivity contribution in [2.45, 2.75) is 64.3 Å². The van der Waals surface area contributed by atoms with E-state index in [-0.39, 0.29) is 5.41 Å². The first-order valence-electron chi connectivity index (χ1n) is 8.41. The van der Waals surface area contributed by atoms with Crippen LogP contribution in [0.2, 0.25) is 0 Å². The van der Waals surface area contributed by atoms with Crippen LogP contribution < -0.4 is 10.1 Å². The van der Waals surface area contributed by atoms with Gasteiger partial charge >= 0.3 is 0 Å². The molecule has 2 aliphatic rings. The van der Waals surface area contributed by atoms with Gasteiger partial charge < -0.3 is 10.1 Å². The predicted octanol–water partition coefficient (Wildman–Crippen LogP) is 4.59. The van der Waals surface area contributed by atoms with Crippen LogP contribution in [0.5, 0.6) is 5.75 Å². The van der Waals surface area contributed by atoms with Gasteiger partial charge in [-0.25, -0.2) is 0 Å². The van der Waals surface area contributed by atoms with Crippen LogP contribution in [0.15, 0.2) is 18.2 Å². The number of hydrogen-bond donors (Lipinski definition) is 1. The van der Waals surface area contributed by atoms with Gasteiger partial charge in [-0.05, 0) is 43.0 Å². The lowest BCUT2D eigenvalue weighted by Gasteiger charge is -2.41. The molecule has 116 valence electrons. The van der Waals surface area contributed by atoms with Crippen molar-refractivity contribution in [2.24, 2.45) is 5.41 Å². The molecule has 1 aliphatic carbocycles. The minimum absolute atomic E-state index is 0.136. The molecule has 0 aromatic heterocycles. The standard InChI is InChI=1S/C19H29NO/c1-18(2)13-21-16-9-8-14(12-15(16)18)17(20-4)19(3)10-6-5-7-11-19/h8-9,12,17,20H,5-7,10-11,13H2,1-4H3. The number of nitrogens with one attached hydrogen (secondary N) is 1. The SMILES string of the molecule is CNC(c1ccc2c(c1)C(C)(C)CO2)C1(C)CCCCC1. The van der Waals surface area contributed by atoms with Crippen molar-refractivity contribution in [2.75, 3.05) is 13.7 Å². The van der Waals surface area contributed by atoms with Crippen molar-refractivity contribution in [1.29, 1.82) is 0 Å². The third kappa shape index (κ3) is 2.59. The van der Waals surface area contributed by atoms with Crippen LogP contribution in [0.1, 0.15) is 70.0 Å². The van der Waals surface area contributed by atoms with Crippen molar-refractivity contribution in [3.8, 4) is 5.75 Å². The maximum Gasteiger partial charge on any atom is 0.123 e. The zero-order valence-corrected chi connectivity index (χ0v) is 14.0. The van der Waals surface area contributed by atoms with Crippen LogP contribution in [0, 0.1) is 5.41 Å². The molecular weight excluding hydrogens is 258 g/mol. The van der Waals surface area contributed by atoms with E-state index in [0.717, 1.165) is 12.4 Å². The molecular formula is C19H29NO. The summed E-state index contributed by atoms with van der Waals surface area (Å²) >= 11 is 0.